The average molecular weight is 304 g/mol. The molecule has 0 N–H and O–H groups in total. The minimum atomic E-state index is 0.802. The van der Waals surface area contributed by atoms with Crippen LogP contribution in [0, 0.1) is 0 Å². The maximum absolute atomic E-state index is 5.41. The van der Waals surface area contributed by atoms with Gasteiger partial charge in [0.2, 0.25) is 0 Å². The van der Waals surface area contributed by atoms with E-state index in [0.29, 0.717) is 0 Å². The Hall–Kier alpha value is -1.37. The zero-order chi connectivity index (χ0) is 14.5. The third-order valence-electron chi connectivity index (χ3n) is 3.46. The number of para-hydroxylation sites is 1. The van der Waals surface area contributed by atoms with Gasteiger partial charge in [0.25, 0.3) is 0 Å². The number of rotatable bonds is 5. The average Bonchev–Trinajstić information content (AvgIpc) is 2.92. The van der Waals surface area contributed by atoms with Gasteiger partial charge in [0.1, 0.15) is 0 Å². The maximum Gasteiger partial charge on any atom is 0.195 e. The van der Waals surface area contributed by atoms with Crippen LogP contribution < -0.4 is 0 Å². The van der Waals surface area contributed by atoms with Crippen molar-refractivity contribution in [3.05, 3.63) is 36.2 Å². The molecule has 0 spiro atoms. The summed E-state index contributed by atoms with van der Waals surface area (Å²) in [4.78, 5) is 2.37. The van der Waals surface area contributed by atoms with Gasteiger partial charge in [0.15, 0.2) is 11.0 Å². The van der Waals surface area contributed by atoms with Crippen molar-refractivity contribution in [3.63, 3.8) is 0 Å². The molecule has 0 saturated carbocycles. The van der Waals surface area contributed by atoms with Crippen LogP contribution in [-0.4, -0.2) is 51.7 Å². The molecule has 1 aliphatic rings. The largest absolute Gasteiger partial charge is 0.379 e. The zero-order valence-electron chi connectivity index (χ0n) is 12.2. The molecule has 2 heterocycles. The van der Waals surface area contributed by atoms with Crippen molar-refractivity contribution in [1.82, 2.24) is 19.7 Å². The highest BCUT2D eigenvalue weighted by molar-refractivity contribution is 7.99. The maximum atomic E-state index is 5.41. The lowest BCUT2D eigenvalue weighted by molar-refractivity contribution is 0.0328. The van der Waals surface area contributed by atoms with Crippen LogP contribution in [0.15, 0.2) is 35.5 Å². The summed E-state index contributed by atoms with van der Waals surface area (Å²) in [5.74, 6) is 1.99. The molecule has 0 amide bonds. The summed E-state index contributed by atoms with van der Waals surface area (Å²) in [5.41, 5.74) is 1.13. The summed E-state index contributed by atoms with van der Waals surface area (Å²) in [6.07, 6.45) is 0. The lowest BCUT2D eigenvalue weighted by Crippen LogP contribution is -2.36. The molecule has 1 fully saturated rings. The van der Waals surface area contributed by atoms with Crippen LogP contribution in [0.1, 0.15) is 12.7 Å². The second-order valence-corrected chi connectivity index (χ2v) is 6.12. The molecule has 1 aromatic carbocycles. The number of aromatic nitrogens is 3. The molecule has 1 aliphatic heterocycles. The number of hydrogen-bond acceptors (Lipinski definition) is 5. The zero-order valence-corrected chi connectivity index (χ0v) is 13.1. The monoisotopic (exact) mass is 304 g/mol. The van der Waals surface area contributed by atoms with E-state index in [0.717, 1.165) is 55.3 Å². The van der Waals surface area contributed by atoms with Crippen molar-refractivity contribution < 1.29 is 4.74 Å². The van der Waals surface area contributed by atoms with Gasteiger partial charge < -0.3 is 4.74 Å². The van der Waals surface area contributed by atoms with Crippen LogP contribution in [0.25, 0.3) is 5.69 Å². The van der Waals surface area contributed by atoms with E-state index in [1.807, 2.05) is 18.2 Å². The second-order valence-electron chi connectivity index (χ2n) is 4.89. The highest BCUT2D eigenvalue weighted by atomic mass is 32.2. The van der Waals surface area contributed by atoms with E-state index in [1.54, 1.807) is 11.8 Å². The van der Waals surface area contributed by atoms with E-state index in [1.165, 1.54) is 0 Å². The van der Waals surface area contributed by atoms with Crippen molar-refractivity contribution in [3.8, 4) is 5.69 Å². The Morgan fingerprint density at radius 2 is 1.90 bits per heavy atom. The van der Waals surface area contributed by atoms with Crippen molar-refractivity contribution in [2.45, 2.75) is 18.6 Å². The van der Waals surface area contributed by atoms with Crippen LogP contribution in [0.2, 0.25) is 0 Å². The predicted molar refractivity (Wildman–Crippen MR) is 83.9 cm³/mol. The van der Waals surface area contributed by atoms with Gasteiger partial charge in [-0.2, -0.15) is 0 Å². The first kappa shape index (κ1) is 14.6. The van der Waals surface area contributed by atoms with Crippen molar-refractivity contribution in [2.24, 2.45) is 0 Å². The third kappa shape index (κ3) is 3.45. The van der Waals surface area contributed by atoms with Gasteiger partial charge in [0.05, 0.1) is 19.8 Å². The summed E-state index contributed by atoms with van der Waals surface area (Å²) in [6.45, 7) is 6.47. The quantitative estimate of drug-likeness (QED) is 0.792. The molecule has 5 nitrogen and oxygen atoms in total. The van der Waals surface area contributed by atoms with E-state index in [2.05, 4.69) is 38.7 Å². The number of morpholine rings is 1. The van der Waals surface area contributed by atoms with Crippen molar-refractivity contribution in [2.75, 3.05) is 32.1 Å². The molecule has 0 unspecified atom stereocenters. The topological polar surface area (TPSA) is 43.2 Å². The Balaban J connectivity index is 1.89. The fourth-order valence-corrected chi connectivity index (χ4v) is 3.12. The molecule has 2 aromatic rings. The van der Waals surface area contributed by atoms with Crippen LogP contribution in [0.4, 0.5) is 0 Å². The number of thioether (sulfide) groups is 1. The summed E-state index contributed by atoms with van der Waals surface area (Å²) in [6, 6.07) is 10.3. The summed E-state index contributed by atoms with van der Waals surface area (Å²) in [7, 11) is 0. The molecule has 0 radical (unpaired) electrons. The number of nitrogens with zero attached hydrogens (tertiary/aromatic N) is 4. The molecular formula is C15H20N4OS. The van der Waals surface area contributed by atoms with Gasteiger partial charge in [0, 0.05) is 18.8 Å². The van der Waals surface area contributed by atoms with Crippen molar-refractivity contribution >= 4 is 11.8 Å². The molecule has 1 saturated heterocycles. The molecule has 0 atom stereocenters. The van der Waals surface area contributed by atoms with Gasteiger partial charge in [-0.1, -0.05) is 36.9 Å². The first-order valence-corrected chi connectivity index (χ1v) is 8.29. The Morgan fingerprint density at radius 1 is 1.14 bits per heavy atom. The third-order valence-corrected chi connectivity index (χ3v) is 4.27. The molecular weight excluding hydrogens is 284 g/mol. The van der Waals surface area contributed by atoms with Gasteiger partial charge in [-0.15, -0.1) is 10.2 Å². The molecule has 112 valence electrons. The van der Waals surface area contributed by atoms with E-state index >= 15 is 0 Å². The SMILES string of the molecule is CCSc1nnc(CN2CCOCC2)n1-c1ccccc1. The Labute approximate surface area is 129 Å². The highest BCUT2D eigenvalue weighted by Gasteiger charge is 2.18. The molecule has 3 rings (SSSR count). The van der Waals surface area contributed by atoms with Crippen LogP contribution in [0.3, 0.4) is 0 Å². The summed E-state index contributed by atoms with van der Waals surface area (Å²) >= 11 is 1.73. The predicted octanol–water partition coefficient (Wildman–Crippen LogP) is 2.21. The van der Waals surface area contributed by atoms with Gasteiger partial charge in [-0.25, -0.2) is 0 Å². The van der Waals surface area contributed by atoms with E-state index < -0.39 is 0 Å². The summed E-state index contributed by atoms with van der Waals surface area (Å²) in [5, 5.41) is 9.75. The standard InChI is InChI=1S/C15H20N4OS/c1-2-21-15-17-16-14(12-18-8-10-20-11-9-18)19(15)13-6-4-3-5-7-13/h3-7H,2,8-12H2,1H3. The smallest absolute Gasteiger partial charge is 0.195 e. The van der Waals surface area contributed by atoms with Gasteiger partial charge >= 0.3 is 0 Å². The number of benzene rings is 1. The Bertz CT molecular complexity index is 566. The van der Waals surface area contributed by atoms with Gasteiger partial charge in [-0.3, -0.25) is 9.47 Å². The van der Waals surface area contributed by atoms with E-state index in [9.17, 15) is 0 Å². The Kier molecular flexibility index (Phi) is 4.90. The second kappa shape index (κ2) is 7.06. The fourth-order valence-electron chi connectivity index (χ4n) is 2.42. The lowest BCUT2D eigenvalue weighted by atomic mass is 10.3. The lowest BCUT2D eigenvalue weighted by Gasteiger charge is -2.26. The van der Waals surface area contributed by atoms with E-state index in [4.69, 9.17) is 4.74 Å². The molecule has 0 aliphatic carbocycles. The molecule has 6 heteroatoms. The normalized spacial score (nSPS) is 16.2. The van der Waals surface area contributed by atoms with Crippen molar-refractivity contribution in [1.29, 1.82) is 0 Å². The van der Waals surface area contributed by atoms with Gasteiger partial charge in [-0.05, 0) is 17.9 Å². The van der Waals surface area contributed by atoms with E-state index in [-0.39, 0.29) is 0 Å². The highest BCUT2D eigenvalue weighted by Crippen LogP contribution is 2.22. The Morgan fingerprint density at radius 3 is 2.62 bits per heavy atom. The summed E-state index contributed by atoms with van der Waals surface area (Å²) < 4.78 is 7.58. The van der Waals surface area contributed by atoms with Crippen LogP contribution in [-0.2, 0) is 11.3 Å². The van der Waals surface area contributed by atoms with Crippen LogP contribution >= 0.6 is 11.8 Å². The van der Waals surface area contributed by atoms with Crippen LogP contribution in [0.5, 0.6) is 0 Å². The molecule has 0 bridgehead atoms. The first-order chi connectivity index (χ1) is 10.4. The molecule has 21 heavy (non-hydrogen) atoms. The fraction of sp³-hybridized carbons (Fsp3) is 0.467. The number of hydrogen-bond donors (Lipinski definition) is 0. The molecule has 1 aromatic heterocycles. The minimum absolute atomic E-state index is 0.802. The number of ether oxygens (including phenoxy) is 1. The minimum Gasteiger partial charge on any atom is -0.379 e. The first-order valence-electron chi connectivity index (χ1n) is 7.31.